The molecule has 0 aliphatic heterocycles. The predicted molar refractivity (Wildman–Crippen MR) is 74.5 cm³/mol. The van der Waals surface area contributed by atoms with Crippen molar-refractivity contribution in [1.29, 1.82) is 0 Å². The van der Waals surface area contributed by atoms with E-state index in [1.807, 2.05) is 30.0 Å². The summed E-state index contributed by atoms with van der Waals surface area (Å²) in [7, 11) is 0. The Morgan fingerprint density at radius 3 is 2.84 bits per heavy atom. The first kappa shape index (κ1) is 13.8. The summed E-state index contributed by atoms with van der Waals surface area (Å²) < 4.78 is 15.2. The minimum absolute atomic E-state index is 0.209. The largest absolute Gasteiger partial charge is 0.388 e. The van der Waals surface area contributed by atoms with Gasteiger partial charge in [0.2, 0.25) is 0 Å². The summed E-state index contributed by atoms with van der Waals surface area (Å²) in [5, 5.41) is 9.93. The van der Waals surface area contributed by atoms with Crippen molar-refractivity contribution < 1.29 is 9.50 Å². The minimum Gasteiger partial charge on any atom is -0.388 e. The van der Waals surface area contributed by atoms with Gasteiger partial charge in [0.05, 0.1) is 6.10 Å². The number of benzene rings is 1. The molecule has 0 aliphatic carbocycles. The topological polar surface area (TPSA) is 25.2 Å². The average Bonchev–Trinajstić information content (AvgIpc) is 2.83. The van der Waals surface area contributed by atoms with Crippen molar-refractivity contribution in [2.45, 2.75) is 39.3 Å². The van der Waals surface area contributed by atoms with E-state index in [2.05, 4.69) is 6.92 Å². The van der Waals surface area contributed by atoms with Gasteiger partial charge in [-0.2, -0.15) is 0 Å². The summed E-state index contributed by atoms with van der Waals surface area (Å²) in [6.07, 6.45) is 5.18. The number of rotatable bonds is 5. The van der Waals surface area contributed by atoms with Crippen LogP contribution < -0.4 is 0 Å². The van der Waals surface area contributed by atoms with Gasteiger partial charge >= 0.3 is 0 Å². The highest BCUT2D eigenvalue weighted by Crippen LogP contribution is 2.19. The third-order valence-electron chi connectivity index (χ3n) is 3.38. The van der Waals surface area contributed by atoms with Crippen LogP contribution in [-0.4, -0.2) is 9.67 Å². The maximum atomic E-state index is 13.2. The van der Waals surface area contributed by atoms with Gasteiger partial charge in [-0.3, -0.25) is 0 Å². The molecule has 1 aromatic carbocycles. The standard InChI is InChI=1S/C16H20FNO/c1-3-4-16(19)13-7-8-18(10-13)11-14-9-15(17)6-5-12(14)2/h5-10,16,19H,3-4,11H2,1-2H3. The molecule has 2 rings (SSSR count). The minimum atomic E-state index is -0.403. The molecular formula is C16H20FNO. The maximum Gasteiger partial charge on any atom is 0.123 e. The van der Waals surface area contributed by atoms with Crippen molar-refractivity contribution in [2.24, 2.45) is 0 Å². The molecule has 1 aromatic heterocycles. The molecule has 2 aromatic rings. The third kappa shape index (κ3) is 3.44. The Balaban J connectivity index is 2.13. The van der Waals surface area contributed by atoms with Crippen LogP contribution >= 0.6 is 0 Å². The third-order valence-corrected chi connectivity index (χ3v) is 3.38. The lowest BCUT2D eigenvalue weighted by molar-refractivity contribution is 0.166. The van der Waals surface area contributed by atoms with Gasteiger partial charge in [-0.25, -0.2) is 4.39 Å². The van der Waals surface area contributed by atoms with Crippen LogP contribution in [0.4, 0.5) is 4.39 Å². The van der Waals surface area contributed by atoms with Crippen LogP contribution in [0.25, 0.3) is 0 Å². The van der Waals surface area contributed by atoms with Crippen molar-refractivity contribution in [2.75, 3.05) is 0 Å². The summed E-state index contributed by atoms with van der Waals surface area (Å²) >= 11 is 0. The lowest BCUT2D eigenvalue weighted by Crippen LogP contribution is -2.00. The van der Waals surface area contributed by atoms with Crippen molar-refractivity contribution in [3.63, 3.8) is 0 Å². The molecule has 0 fully saturated rings. The Labute approximate surface area is 113 Å². The molecule has 1 unspecified atom stereocenters. The Morgan fingerprint density at radius 1 is 1.32 bits per heavy atom. The van der Waals surface area contributed by atoms with Gasteiger partial charge in [-0.05, 0) is 48.2 Å². The van der Waals surface area contributed by atoms with E-state index >= 15 is 0 Å². The van der Waals surface area contributed by atoms with Crippen molar-refractivity contribution in [3.8, 4) is 0 Å². The number of aromatic nitrogens is 1. The van der Waals surface area contributed by atoms with Crippen LogP contribution in [-0.2, 0) is 6.54 Å². The van der Waals surface area contributed by atoms with Crippen LogP contribution in [0.3, 0.4) is 0 Å². The van der Waals surface area contributed by atoms with E-state index in [9.17, 15) is 9.50 Å². The van der Waals surface area contributed by atoms with Crippen molar-refractivity contribution in [3.05, 3.63) is 59.2 Å². The first-order chi connectivity index (χ1) is 9.10. The first-order valence-electron chi connectivity index (χ1n) is 6.69. The number of hydrogen-bond acceptors (Lipinski definition) is 1. The molecule has 1 atom stereocenters. The molecule has 0 spiro atoms. The molecule has 0 aliphatic rings. The van der Waals surface area contributed by atoms with Crippen molar-refractivity contribution >= 4 is 0 Å². The number of aryl methyl sites for hydroxylation is 1. The summed E-state index contributed by atoms with van der Waals surface area (Å²) in [6, 6.07) is 6.76. The molecule has 0 saturated heterocycles. The monoisotopic (exact) mass is 261 g/mol. The zero-order chi connectivity index (χ0) is 13.8. The zero-order valence-corrected chi connectivity index (χ0v) is 11.4. The Bertz CT molecular complexity index is 547. The molecule has 0 saturated carbocycles. The summed E-state index contributed by atoms with van der Waals surface area (Å²) in [6.45, 7) is 4.66. The van der Waals surface area contributed by atoms with E-state index in [4.69, 9.17) is 0 Å². The predicted octanol–water partition coefficient (Wildman–Crippen LogP) is 3.82. The molecule has 1 N–H and O–H groups in total. The molecule has 0 amide bonds. The van der Waals surface area contributed by atoms with Gasteiger partial charge in [-0.1, -0.05) is 19.4 Å². The molecule has 1 heterocycles. The summed E-state index contributed by atoms with van der Waals surface area (Å²) in [5.41, 5.74) is 2.97. The molecule has 2 nitrogen and oxygen atoms in total. The van der Waals surface area contributed by atoms with E-state index in [1.165, 1.54) is 6.07 Å². The number of halogens is 1. The van der Waals surface area contributed by atoms with Crippen molar-refractivity contribution in [1.82, 2.24) is 4.57 Å². The van der Waals surface area contributed by atoms with Gasteiger partial charge in [0.25, 0.3) is 0 Å². The van der Waals surface area contributed by atoms with Crippen LogP contribution in [0.5, 0.6) is 0 Å². The molecule has 19 heavy (non-hydrogen) atoms. The highest BCUT2D eigenvalue weighted by Gasteiger charge is 2.08. The second kappa shape index (κ2) is 6.02. The zero-order valence-electron chi connectivity index (χ0n) is 11.4. The van der Waals surface area contributed by atoms with Gasteiger partial charge in [0.15, 0.2) is 0 Å². The van der Waals surface area contributed by atoms with Crippen LogP contribution in [0.2, 0.25) is 0 Å². The Hall–Kier alpha value is -1.61. The lowest BCUT2D eigenvalue weighted by atomic mass is 10.1. The van der Waals surface area contributed by atoms with Gasteiger partial charge < -0.3 is 9.67 Å². The number of aliphatic hydroxyl groups is 1. The highest BCUT2D eigenvalue weighted by atomic mass is 19.1. The number of nitrogens with zero attached hydrogens (tertiary/aromatic N) is 1. The second-order valence-corrected chi connectivity index (χ2v) is 4.99. The fourth-order valence-corrected chi connectivity index (χ4v) is 2.20. The van der Waals surface area contributed by atoms with Gasteiger partial charge in [0.1, 0.15) is 5.82 Å². The van der Waals surface area contributed by atoms with Crippen LogP contribution in [0, 0.1) is 12.7 Å². The molecule has 0 bridgehead atoms. The van der Waals surface area contributed by atoms with Gasteiger partial charge in [-0.15, -0.1) is 0 Å². The molecular weight excluding hydrogens is 241 g/mol. The lowest BCUT2D eigenvalue weighted by Gasteiger charge is -2.08. The quantitative estimate of drug-likeness (QED) is 0.869. The van der Waals surface area contributed by atoms with Crippen LogP contribution in [0.15, 0.2) is 36.7 Å². The van der Waals surface area contributed by atoms with E-state index < -0.39 is 6.10 Å². The maximum absolute atomic E-state index is 13.2. The Morgan fingerprint density at radius 2 is 2.11 bits per heavy atom. The highest BCUT2D eigenvalue weighted by molar-refractivity contribution is 5.27. The number of aliphatic hydroxyl groups excluding tert-OH is 1. The summed E-state index contributed by atoms with van der Waals surface area (Å²) in [5.74, 6) is -0.209. The molecule has 0 radical (unpaired) electrons. The average molecular weight is 261 g/mol. The second-order valence-electron chi connectivity index (χ2n) is 4.99. The number of hydrogen-bond donors (Lipinski definition) is 1. The fourth-order valence-electron chi connectivity index (χ4n) is 2.20. The smallest absolute Gasteiger partial charge is 0.123 e. The summed E-state index contributed by atoms with van der Waals surface area (Å²) in [4.78, 5) is 0. The van der Waals surface area contributed by atoms with E-state index in [0.29, 0.717) is 6.54 Å². The normalized spacial score (nSPS) is 12.6. The molecule has 102 valence electrons. The Kier molecular flexibility index (Phi) is 4.38. The van der Waals surface area contributed by atoms with Crippen LogP contribution in [0.1, 0.15) is 42.6 Å². The SMILES string of the molecule is CCCC(O)c1ccn(Cc2cc(F)ccc2C)c1. The fraction of sp³-hybridized carbons (Fsp3) is 0.375. The van der Waals surface area contributed by atoms with E-state index in [1.54, 1.807) is 12.1 Å². The first-order valence-corrected chi connectivity index (χ1v) is 6.69. The van der Waals surface area contributed by atoms with E-state index in [-0.39, 0.29) is 5.82 Å². The van der Waals surface area contributed by atoms with Gasteiger partial charge in [0, 0.05) is 18.9 Å². The van der Waals surface area contributed by atoms with E-state index in [0.717, 1.165) is 29.5 Å². The molecule has 3 heteroatoms.